The van der Waals surface area contributed by atoms with E-state index < -0.39 is 11.5 Å². The van der Waals surface area contributed by atoms with Crippen molar-refractivity contribution in [2.24, 2.45) is 0 Å². The van der Waals surface area contributed by atoms with E-state index in [1.54, 1.807) is 19.2 Å². The van der Waals surface area contributed by atoms with Crippen LogP contribution in [0, 0.1) is 0 Å². The van der Waals surface area contributed by atoms with Gasteiger partial charge in [0.15, 0.2) is 5.56 Å². The average molecular weight is 276 g/mol. The summed E-state index contributed by atoms with van der Waals surface area (Å²) >= 11 is 0. The van der Waals surface area contributed by atoms with Gasteiger partial charge in [0.2, 0.25) is 0 Å². The van der Waals surface area contributed by atoms with Gasteiger partial charge in [0.25, 0.3) is 5.56 Å². The van der Waals surface area contributed by atoms with E-state index in [1.165, 1.54) is 0 Å². The average Bonchev–Trinajstić information content (AvgIpc) is 2.79. The maximum Gasteiger partial charge on any atom is 0.343 e. The second-order valence-corrected chi connectivity index (χ2v) is 4.75. The number of methoxy groups -OCH3 is 1. The summed E-state index contributed by atoms with van der Waals surface area (Å²) < 4.78 is 5.28. The number of hydrogen-bond acceptors (Lipinski definition) is 3. The van der Waals surface area contributed by atoms with Crippen LogP contribution in [0.3, 0.4) is 0 Å². The zero-order valence-corrected chi connectivity index (χ0v) is 11.5. The van der Waals surface area contributed by atoms with Gasteiger partial charge < -0.3 is 9.84 Å². The Morgan fingerprint density at radius 3 is 2.55 bits per heavy atom. The molecule has 1 aromatic carbocycles. The van der Waals surface area contributed by atoms with Crippen LogP contribution in [0.2, 0.25) is 0 Å². The lowest BCUT2D eigenvalue weighted by molar-refractivity contribution is 0.0696. The Hall–Kier alpha value is -2.50. The van der Waals surface area contributed by atoms with E-state index in [4.69, 9.17) is 9.84 Å². The van der Waals surface area contributed by atoms with E-state index in [0.717, 1.165) is 11.3 Å². The highest BCUT2D eigenvalue weighted by Gasteiger charge is 2.19. The van der Waals surface area contributed by atoms with Gasteiger partial charge in [-0.25, -0.2) is 4.79 Å². The Balaban J connectivity index is 2.63. The van der Waals surface area contributed by atoms with Gasteiger partial charge in [0.05, 0.1) is 12.8 Å². The lowest BCUT2D eigenvalue weighted by Crippen LogP contribution is -2.12. The summed E-state index contributed by atoms with van der Waals surface area (Å²) in [5.74, 6) is -0.313. The van der Waals surface area contributed by atoms with Crippen LogP contribution in [0.25, 0.3) is 11.3 Å². The molecule has 2 rings (SSSR count). The first-order valence-electron chi connectivity index (χ1n) is 6.18. The third-order valence-electron chi connectivity index (χ3n) is 3.13. The molecule has 0 bridgehead atoms. The van der Waals surface area contributed by atoms with Gasteiger partial charge >= 0.3 is 5.97 Å². The lowest BCUT2D eigenvalue weighted by atomic mass is 9.97. The van der Waals surface area contributed by atoms with Crippen molar-refractivity contribution in [1.82, 2.24) is 10.2 Å². The smallest absolute Gasteiger partial charge is 0.343 e. The van der Waals surface area contributed by atoms with Gasteiger partial charge in [-0.05, 0) is 29.7 Å². The SMILES string of the molecule is COc1ccc(-c2[nH][nH]c(=O)c2C(=O)O)cc1C(C)C. The molecule has 20 heavy (non-hydrogen) atoms. The Kier molecular flexibility index (Phi) is 3.65. The highest BCUT2D eigenvalue weighted by molar-refractivity contribution is 5.94. The monoisotopic (exact) mass is 276 g/mol. The van der Waals surface area contributed by atoms with Crippen molar-refractivity contribution < 1.29 is 14.6 Å². The molecule has 0 atom stereocenters. The number of aromatic amines is 2. The number of carboxylic acid groups (broad SMARTS) is 1. The summed E-state index contributed by atoms with van der Waals surface area (Å²) in [7, 11) is 1.59. The Morgan fingerprint density at radius 1 is 1.30 bits per heavy atom. The summed E-state index contributed by atoms with van der Waals surface area (Å²) in [5.41, 5.74) is 0.917. The van der Waals surface area contributed by atoms with Gasteiger partial charge in [-0.3, -0.25) is 15.0 Å². The molecule has 106 valence electrons. The van der Waals surface area contributed by atoms with E-state index >= 15 is 0 Å². The molecule has 0 fully saturated rings. The summed E-state index contributed by atoms with van der Waals surface area (Å²) in [5, 5.41) is 14.0. The maximum atomic E-state index is 11.5. The molecule has 0 aliphatic rings. The summed E-state index contributed by atoms with van der Waals surface area (Å²) in [6.45, 7) is 4.03. The highest BCUT2D eigenvalue weighted by Crippen LogP contribution is 2.31. The summed E-state index contributed by atoms with van der Waals surface area (Å²) in [6, 6.07) is 5.31. The second kappa shape index (κ2) is 5.24. The largest absolute Gasteiger partial charge is 0.496 e. The van der Waals surface area contributed by atoms with E-state index in [9.17, 15) is 9.59 Å². The van der Waals surface area contributed by atoms with Crippen molar-refractivity contribution in [3.8, 4) is 17.0 Å². The van der Waals surface area contributed by atoms with E-state index in [0.29, 0.717) is 5.56 Å². The predicted octanol–water partition coefficient (Wildman–Crippen LogP) is 2.20. The van der Waals surface area contributed by atoms with Crippen LogP contribution < -0.4 is 10.3 Å². The van der Waals surface area contributed by atoms with Crippen LogP contribution in [-0.2, 0) is 0 Å². The molecule has 0 amide bonds. The summed E-state index contributed by atoms with van der Waals surface area (Å²) in [4.78, 5) is 22.7. The van der Waals surface area contributed by atoms with Crippen LogP contribution in [0.5, 0.6) is 5.75 Å². The molecule has 1 aromatic heterocycles. The first-order chi connectivity index (χ1) is 9.45. The topological polar surface area (TPSA) is 95.2 Å². The minimum atomic E-state index is -1.26. The third kappa shape index (κ3) is 2.32. The fraction of sp³-hybridized carbons (Fsp3) is 0.286. The molecule has 0 spiro atoms. The van der Waals surface area contributed by atoms with Crippen molar-refractivity contribution in [3.63, 3.8) is 0 Å². The molecule has 3 N–H and O–H groups in total. The van der Waals surface area contributed by atoms with Gasteiger partial charge in [0, 0.05) is 5.56 Å². The van der Waals surface area contributed by atoms with Crippen LogP contribution in [-0.4, -0.2) is 28.4 Å². The zero-order valence-electron chi connectivity index (χ0n) is 11.5. The fourth-order valence-corrected chi connectivity index (χ4v) is 2.12. The number of aromatic carboxylic acids is 1. The standard InChI is InChI=1S/C14H16N2O4/c1-7(2)9-6-8(4-5-10(9)20-3)12-11(14(18)19)13(17)16-15-12/h4-7H,1-3H3,(H,18,19)(H2,15,16,17). The van der Waals surface area contributed by atoms with Crippen LogP contribution in [0.1, 0.15) is 35.7 Å². The number of carbonyl (C=O) groups is 1. The number of carboxylic acids is 1. The normalized spacial score (nSPS) is 10.8. The molecule has 2 aromatic rings. The molecule has 0 radical (unpaired) electrons. The fourth-order valence-electron chi connectivity index (χ4n) is 2.12. The molecule has 0 aliphatic heterocycles. The molecular weight excluding hydrogens is 260 g/mol. The number of rotatable bonds is 4. The van der Waals surface area contributed by atoms with Crippen LogP contribution in [0.15, 0.2) is 23.0 Å². The maximum absolute atomic E-state index is 11.5. The number of H-pyrrole nitrogens is 2. The third-order valence-corrected chi connectivity index (χ3v) is 3.13. The van der Waals surface area contributed by atoms with Crippen molar-refractivity contribution in [3.05, 3.63) is 39.7 Å². The molecule has 0 aliphatic carbocycles. The molecule has 0 saturated heterocycles. The molecular formula is C14H16N2O4. The van der Waals surface area contributed by atoms with E-state index in [-0.39, 0.29) is 17.2 Å². The molecule has 6 nitrogen and oxygen atoms in total. The first-order valence-corrected chi connectivity index (χ1v) is 6.18. The van der Waals surface area contributed by atoms with Crippen molar-refractivity contribution in [2.45, 2.75) is 19.8 Å². The number of aromatic nitrogens is 2. The van der Waals surface area contributed by atoms with Crippen molar-refractivity contribution >= 4 is 5.97 Å². The number of benzene rings is 1. The molecule has 1 heterocycles. The predicted molar refractivity (Wildman–Crippen MR) is 74.4 cm³/mol. The number of ether oxygens (including phenoxy) is 1. The lowest BCUT2D eigenvalue weighted by Gasteiger charge is -2.13. The van der Waals surface area contributed by atoms with Gasteiger partial charge in [-0.1, -0.05) is 13.8 Å². The van der Waals surface area contributed by atoms with Gasteiger partial charge in [-0.15, -0.1) is 0 Å². The number of nitrogens with one attached hydrogen (secondary N) is 2. The molecule has 6 heteroatoms. The second-order valence-electron chi connectivity index (χ2n) is 4.75. The summed E-state index contributed by atoms with van der Waals surface area (Å²) in [6.07, 6.45) is 0. The van der Waals surface area contributed by atoms with Crippen molar-refractivity contribution in [1.29, 1.82) is 0 Å². The highest BCUT2D eigenvalue weighted by atomic mass is 16.5. The van der Waals surface area contributed by atoms with Crippen LogP contribution >= 0.6 is 0 Å². The zero-order chi connectivity index (χ0) is 14.9. The van der Waals surface area contributed by atoms with E-state index in [2.05, 4.69) is 10.2 Å². The Labute approximate surface area is 115 Å². The Bertz CT molecular complexity index is 697. The van der Waals surface area contributed by atoms with E-state index in [1.807, 2.05) is 19.9 Å². The quantitative estimate of drug-likeness (QED) is 0.797. The van der Waals surface area contributed by atoms with Gasteiger partial charge in [0.1, 0.15) is 5.75 Å². The molecule has 0 saturated carbocycles. The van der Waals surface area contributed by atoms with Crippen molar-refractivity contribution in [2.75, 3.05) is 7.11 Å². The number of hydrogen-bond donors (Lipinski definition) is 3. The molecule has 0 unspecified atom stereocenters. The van der Waals surface area contributed by atoms with Crippen LogP contribution in [0.4, 0.5) is 0 Å². The Morgan fingerprint density at radius 2 is 2.00 bits per heavy atom. The minimum Gasteiger partial charge on any atom is -0.496 e. The first kappa shape index (κ1) is 13.9. The van der Waals surface area contributed by atoms with Gasteiger partial charge in [-0.2, -0.15) is 0 Å². The minimum absolute atomic E-state index is 0.212.